The topological polar surface area (TPSA) is 167 Å². The summed E-state index contributed by atoms with van der Waals surface area (Å²) in [6.07, 6.45) is 4.06. The molecule has 3 saturated heterocycles. The van der Waals surface area contributed by atoms with Gasteiger partial charge < -0.3 is 34.2 Å². The number of hydrogen-bond acceptors (Lipinski definition) is 8. The van der Waals surface area contributed by atoms with Crippen molar-refractivity contribution in [1.29, 1.82) is 0 Å². The summed E-state index contributed by atoms with van der Waals surface area (Å²) in [5.74, 6) is -0.475. The second-order valence-electron chi connectivity index (χ2n) is 11.3. The molecular formula is C27H31F2N6O7PS. The van der Waals surface area contributed by atoms with Gasteiger partial charge >= 0.3 is 13.3 Å². The molecule has 0 bridgehead atoms. The normalized spacial score (nSPS) is 24.8. The molecule has 0 spiro atoms. The van der Waals surface area contributed by atoms with Crippen molar-refractivity contribution < 1.29 is 42.3 Å². The summed E-state index contributed by atoms with van der Waals surface area (Å²) in [7, 11) is -3.96. The molecule has 13 nitrogen and oxygen atoms in total. The van der Waals surface area contributed by atoms with Gasteiger partial charge in [-0.15, -0.1) is 21.5 Å². The molecule has 3 aliphatic heterocycles. The standard InChI is InChI=1S/C27H31F2N6O7PS/c1-33-14-30-32-23(33)20-13-34(9-10-42-20)26(38)19-7-6-17-3-2-4-18(25(37)35(17)19)31-24(36)22-12-15-11-16(5-8-21(15)44-22)27(28,29)43(39,40)41/h5,8,11-12,14,17-20H,2-4,6-7,9-10,13H2,1H3,(H,31,36)(H2,39,40,41)/t17-,18-,19-,20?/m0/s1. The fourth-order valence-corrected chi connectivity index (χ4v) is 7.70. The first-order valence-corrected chi connectivity index (χ1v) is 16.6. The first-order chi connectivity index (χ1) is 20.8. The van der Waals surface area contributed by atoms with E-state index in [-0.39, 0.29) is 34.7 Å². The molecule has 3 fully saturated rings. The molecule has 5 heterocycles. The zero-order valence-corrected chi connectivity index (χ0v) is 25.3. The Balaban J connectivity index is 1.17. The number of hydrogen-bond donors (Lipinski definition) is 3. The number of rotatable bonds is 6. The van der Waals surface area contributed by atoms with Crippen LogP contribution in [-0.2, 0) is 31.6 Å². The quantitative estimate of drug-likeness (QED) is 0.339. The molecule has 236 valence electrons. The van der Waals surface area contributed by atoms with E-state index in [1.807, 2.05) is 0 Å². The van der Waals surface area contributed by atoms with Gasteiger partial charge in [0.15, 0.2) is 5.82 Å². The SMILES string of the molecule is Cn1cnnc1C1CN(C(=O)[C@@H]2CC[C@@H]3CCC[C@H](NC(=O)c4cc5cc(C(F)(F)P(=O)(O)O)ccc5s4)C(=O)N32)CCO1. The zero-order valence-electron chi connectivity index (χ0n) is 23.6. The number of thiophene rings is 1. The first-order valence-electron chi connectivity index (χ1n) is 14.2. The van der Waals surface area contributed by atoms with Gasteiger partial charge in [-0.25, -0.2) is 0 Å². The number of fused-ring (bicyclic) bond motifs is 2. The summed E-state index contributed by atoms with van der Waals surface area (Å²) in [5, 5.41) is 11.0. The van der Waals surface area contributed by atoms with Crippen LogP contribution in [0.4, 0.5) is 8.78 Å². The molecule has 44 heavy (non-hydrogen) atoms. The highest BCUT2D eigenvalue weighted by Crippen LogP contribution is 2.59. The zero-order chi connectivity index (χ0) is 31.4. The lowest BCUT2D eigenvalue weighted by molar-refractivity contribution is -0.150. The van der Waals surface area contributed by atoms with Crippen molar-refractivity contribution >= 4 is 46.7 Å². The first kappa shape index (κ1) is 30.7. The van der Waals surface area contributed by atoms with Crippen LogP contribution in [-0.4, -0.2) is 89.9 Å². The Labute approximate surface area is 254 Å². The Morgan fingerprint density at radius 2 is 1.98 bits per heavy atom. The maximum Gasteiger partial charge on any atom is 0.399 e. The van der Waals surface area contributed by atoms with Crippen molar-refractivity contribution in [3.8, 4) is 0 Å². The Morgan fingerprint density at radius 1 is 1.18 bits per heavy atom. The highest BCUT2D eigenvalue weighted by molar-refractivity contribution is 7.52. The van der Waals surface area contributed by atoms with Crippen LogP contribution in [0.1, 0.15) is 59.3 Å². The minimum atomic E-state index is -5.75. The fraction of sp³-hybridized carbons (Fsp3) is 0.519. The summed E-state index contributed by atoms with van der Waals surface area (Å²) in [4.78, 5) is 62.5. The molecule has 0 aliphatic carbocycles. The third-order valence-electron chi connectivity index (χ3n) is 8.54. The number of alkyl halides is 2. The van der Waals surface area contributed by atoms with Crippen LogP contribution >= 0.6 is 18.9 Å². The number of carbonyl (C=O) groups excluding carboxylic acids is 3. The van der Waals surface area contributed by atoms with Crippen LogP contribution in [0, 0.1) is 0 Å². The van der Waals surface area contributed by atoms with Gasteiger partial charge in [0.1, 0.15) is 24.5 Å². The Kier molecular flexibility index (Phi) is 8.07. The molecule has 4 atom stereocenters. The van der Waals surface area contributed by atoms with Crippen molar-refractivity contribution in [1.82, 2.24) is 29.9 Å². The maximum absolute atomic E-state index is 14.2. The van der Waals surface area contributed by atoms with E-state index in [2.05, 4.69) is 15.5 Å². The molecule has 3 amide bonds. The van der Waals surface area contributed by atoms with E-state index in [0.717, 1.165) is 23.5 Å². The predicted molar refractivity (Wildman–Crippen MR) is 153 cm³/mol. The highest BCUT2D eigenvalue weighted by atomic mass is 32.1. The predicted octanol–water partition coefficient (Wildman–Crippen LogP) is 2.50. The Bertz CT molecular complexity index is 1660. The maximum atomic E-state index is 14.2. The fourth-order valence-electron chi connectivity index (χ4n) is 6.28. The molecule has 3 aromatic rings. The van der Waals surface area contributed by atoms with E-state index in [4.69, 9.17) is 14.5 Å². The number of ether oxygens (including phenoxy) is 1. The van der Waals surface area contributed by atoms with Gasteiger partial charge in [0.25, 0.3) is 5.91 Å². The van der Waals surface area contributed by atoms with E-state index in [1.165, 1.54) is 12.1 Å². The number of aromatic nitrogens is 3. The number of carbonyl (C=O) groups is 3. The number of nitrogens with one attached hydrogen (secondary N) is 1. The number of amides is 3. The third kappa shape index (κ3) is 5.53. The minimum absolute atomic E-state index is 0.118. The summed E-state index contributed by atoms with van der Waals surface area (Å²) < 4.78 is 47.8. The van der Waals surface area contributed by atoms with Crippen LogP contribution < -0.4 is 5.32 Å². The van der Waals surface area contributed by atoms with Crippen LogP contribution in [0.25, 0.3) is 10.1 Å². The minimum Gasteiger partial charge on any atom is -0.366 e. The number of benzene rings is 1. The van der Waals surface area contributed by atoms with Gasteiger partial charge in [-0.3, -0.25) is 18.9 Å². The molecule has 3 aliphatic rings. The summed E-state index contributed by atoms with van der Waals surface area (Å²) in [6, 6.07) is 2.84. The largest absolute Gasteiger partial charge is 0.399 e. The molecular weight excluding hydrogens is 621 g/mol. The lowest BCUT2D eigenvalue weighted by Crippen LogP contribution is -2.56. The lowest BCUT2D eigenvalue weighted by atomic mass is 10.1. The summed E-state index contributed by atoms with van der Waals surface area (Å²) in [6.45, 7) is 0.979. The molecule has 2 aromatic heterocycles. The van der Waals surface area contributed by atoms with E-state index in [0.29, 0.717) is 55.8 Å². The number of morpholine rings is 1. The van der Waals surface area contributed by atoms with Crippen molar-refractivity contribution in [2.24, 2.45) is 7.05 Å². The van der Waals surface area contributed by atoms with Gasteiger partial charge in [-0.2, -0.15) is 8.78 Å². The molecule has 0 saturated carbocycles. The second kappa shape index (κ2) is 11.6. The molecule has 0 radical (unpaired) electrons. The molecule has 1 unspecified atom stereocenters. The molecule has 1 aromatic carbocycles. The summed E-state index contributed by atoms with van der Waals surface area (Å²) in [5.41, 5.74) is -5.24. The Morgan fingerprint density at radius 3 is 2.70 bits per heavy atom. The number of aryl methyl sites for hydroxylation is 1. The van der Waals surface area contributed by atoms with Gasteiger partial charge in [0, 0.05) is 29.9 Å². The van der Waals surface area contributed by atoms with Gasteiger partial charge in [0.05, 0.1) is 18.0 Å². The summed E-state index contributed by atoms with van der Waals surface area (Å²) >= 11 is 1.01. The van der Waals surface area contributed by atoms with E-state index < -0.39 is 42.9 Å². The van der Waals surface area contributed by atoms with Crippen LogP contribution in [0.3, 0.4) is 0 Å². The molecule has 17 heteroatoms. The number of halogens is 2. The van der Waals surface area contributed by atoms with Crippen molar-refractivity contribution in [3.05, 3.63) is 46.9 Å². The van der Waals surface area contributed by atoms with Gasteiger partial charge in [0.2, 0.25) is 11.8 Å². The van der Waals surface area contributed by atoms with Crippen molar-refractivity contribution in [2.45, 2.75) is 62.0 Å². The lowest BCUT2D eigenvalue weighted by Gasteiger charge is -2.37. The number of nitrogens with zero attached hydrogens (tertiary/aromatic N) is 5. The molecule has 6 rings (SSSR count). The Hall–Kier alpha value is -3.30. The third-order valence-corrected chi connectivity index (χ3v) is 10.6. The van der Waals surface area contributed by atoms with Crippen LogP contribution in [0.2, 0.25) is 0 Å². The second-order valence-corrected chi connectivity index (χ2v) is 14.1. The average Bonchev–Trinajstić information content (AvgIpc) is 3.71. The van der Waals surface area contributed by atoms with Crippen LogP contribution in [0.5, 0.6) is 0 Å². The monoisotopic (exact) mass is 652 g/mol. The van der Waals surface area contributed by atoms with Gasteiger partial charge in [-0.05, 0) is 55.7 Å². The average molecular weight is 653 g/mol. The van der Waals surface area contributed by atoms with Crippen LogP contribution in [0.15, 0.2) is 30.6 Å². The smallest absolute Gasteiger partial charge is 0.366 e. The van der Waals surface area contributed by atoms with Crippen molar-refractivity contribution in [3.63, 3.8) is 0 Å². The highest BCUT2D eigenvalue weighted by Gasteiger charge is 2.50. The molecule has 3 N–H and O–H groups in total. The van der Waals surface area contributed by atoms with Crippen molar-refractivity contribution in [2.75, 3.05) is 19.7 Å². The van der Waals surface area contributed by atoms with Gasteiger partial charge in [-0.1, -0.05) is 6.07 Å². The van der Waals surface area contributed by atoms with E-state index in [1.54, 1.807) is 27.7 Å². The van der Waals surface area contributed by atoms with E-state index >= 15 is 0 Å². The van der Waals surface area contributed by atoms with E-state index in [9.17, 15) is 27.7 Å².